The molecule has 2 aliphatic heterocycles. The van der Waals surface area contributed by atoms with Crippen LogP contribution in [-0.4, -0.2) is 36.0 Å². The van der Waals surface area contributed by atoms with Gasteiger partial charge in [0.2, 0.25) is 0 Å². The van der Waals surface area contributed by atoms with E-state index < -0.39 is 43.4 Å². The van der Waals surface area contributed by atoms with Crippen LogP contribution in [0.5, 0.6) is 0 Å². The number of nitriles is 1. The van der Waals surface area contributed by atoms with E-state index in [2.05, 4.69) is 41.5 Å². The highest BCUT2D eigenvalue weighted by Gasteiger charge is 2.60. The normalized spacial score (nSPS) is 28.2. The topological polar surface area (TPSA) is 123 Å². The summed E-state index contributed by atoms with van der Waals surface area (Å²) in [7, 11) is -6.47. The number of anilines is 2. The van der Waals surface area contributed by atoms with E-state index in [-0.39, 0.29) is 10.8 Å². The summed E-state index contributed by atoms with van der Waals surface area (Å²) in [4.78, 5) is 2.05. The maximum atomic E-state index is 14.6. The van der Waals surface area contributed by atoms with Crippen molar-refractivity contribution in [3.05, 3.63) is 101 Å². The molecular weight excluding hydrogens is 619 g/mol. The third kappa shape index (κ3) is 4.53. The van der Waals surface area contributed by atoms with Crippen LogP contribution in [0.25, 0.3) is 0 Å². The largest absolute Gasteiger partial charge is 0.357 e. The zero-order valence-corrected chi connectivity index (χ0v) is 27.9. The summed E-state index contributed by atoms with van der Waals surface area (Å²) in [6.45, 7) is 4.13. The highest BCUT2D eigenvalue weighted by Crippen LogP contribution is 2.56. The lowest BCUT2D eigenvalue weighted by atomic mass is 9.81. The molecule has 0 aromatic heterocycles. The molecule has 0 saturated heterocycles. The van der Waals surface area contributed by atoms with Crippen molar-refractivity contribution in [3.63, 3.8) is 0 Å². The molecule has 240 valence electrons. The zero-order valence-electron chi connectivity index (χ0n) is 26.3. The number of nitrogens with one attached hydrogen (secondary N) is 2. The van der Waals surface area contributed by atoms with Crippen LogP contribution in [-0.2, 0) is 31.3 Å². The average molecular weight is 658 g/mol. The first kappa shape index (κ1) is 30.9. The van der Waals surface area contributed by atoms with Gasteiger partial charge >= 0.3 is 0 Å². The van der Waals surface area contributed by atoms with Gasteiger partial charge in [-0.15, -0.1) is 0 Å². The third-order valence-electron chi connectivity index (χ3n) is 10.4. The molecule has 2 N–H and O–H groups in total. The summed E-state index contributed by atoms with van der Waals surface area (Å²) in [6, 6.07) is 22.5. The van der Waals surface area contributed by atoms with Gasteiger partial charge in [0.05, 0.1) is 33.8 Å². The molecule has 2 aliphatic carbocycles. The molecule has 46 heavy (non-hydrogen) atoms. The molecule has 1 fully saturated rings. The smallest absolute Gasteiger partial charge is 0.278 e. The first-order chi connectivity index (χ1) is 21.9. The molecule has 0 bridgehead atoms. The van der Waals surface area contributed by atoms with Gasteiger partial charge in [0, 0.05) is 24.2 Å². The second-order valence-corrected chi connectivity index (χ2v) is 16.5. The Labute approximate surface area is 272 Å². The monoisotopic (exact) mass is 657 g/mol. The molecule has 3 aromatic rings. The highest BCUT2D eigenvalue weighted by molar-refractivity contribution is 7.93. The van der Waals surface area contributed by atoms with E-state index in [0.29, 0.717) is 36.9 Å². The van der Waals surface area contributed by atoms with Gasteiger partial charge < -0.3 is 4.90 Å². The summed E-state index contributed by atoms with van der Waals surface area (Å²) in [5.74, 6) is 0.0985. The van der Waals surface area contributed by atoms with E-state index in [9.17, 15) is 22.1 Å². The van der Waals surface area contributed by atoms with Gasteiger partial charge in [-0.1, -0.05) is 66.6 Å². The van der Waals surface area contributed by atoms with Gasteiger partial charge in [-0.25, -0.2) is 8.42 Å². The van der Waals surface area contributed by atoms with Crippen molar-refractivity contribution in [2.24, 2.45) is 0 Å². The standard InChI is InChI=1S/C35H39N5O4S2/c1-24(2)22-25-12-10-21-35(32(23-36)39(3)30-18-9-15-27(25)33(30)35)38-46(43,44)37-34-20-11-19-31(34)40(29-17-8-7-16-28(29)34)45(41,42)26-13-5-4-6-14-26/h4-9,13-18,22,25,31-32,37-38H,10-12,19-21H2,1-3H3/t25-,31-,32+,34+,35-/m1/s1. The minimum absolute atomic E-state index is 0.0985. The second-order valence-electron chi connectivity index (χ2n) is 13.3. The van der Waals surface area contributed by atoms with Crippen molar-refractivity contribution in [2.75, 3.05) is 16.3 Å². The molecule has 11 heteroatoms. The number of rotatable bonds is 7. The van der Waals surface area contributed by atoms with Crippen molar-refractivity contribution in [1.29, 1.82) is 5.26 Å². The lowest BCUT2D eigenvalue weighted by Gasteiger charge is -2.38. The first-order valence-electron chi connectivity index (χ1n) is 15.9. The van der Waals surface area contributed by atoms with Crippen molar-refractivity contribution < 1.29 is 16.8 Å². The van der Waals surface area contributed by atoms with Crippen molar-refractivity contribution in [1.82, 2.24) is 9.44 Å². The summed E-state index contributed by atoms with van der Waals surface area (Å²) in [5.41, 5.74) is 2.69. The molecule has 7 rings (SSSR count). The predicted molar refractivity (Wildman–Crippen MR) is 179 cm³/mol. The van der Waals surface area contributed by atoms with Crippen LogP contribution in [0.3, 0.4) is 0 Å². The molecule has 4 aliphatic rings. The number of likely N-dealkylation sites (N-methyl/N-ethyl adjacent to an activating group) is 1. The quantitative estimate of drug-likeness (QED) is 0.322. The molecule has 3 aromatic carbocycles. The molecule has 0 radical (unpaired) electrons. The molecule has 0 amide bonds. The number of benzene rings is 3. The fraction of sp³-hybridized carbons (Fsp3) is 0.400. The number of fused-ring (bicyclic) bond motifs is 3. The van der Waals surface area contributed by atoms with Gasteiger partial charge in [0.25, 0.3) is 20.2 Å². The Kier molecular flexibility index (Phi) is 7.36. The summed E-state index contributed by atoms with van der Waals surface area (Å²) in [6.07, 6.45) is 5.83. The number of hydrogen-bond acceptors (Lipinski definition) is 6. The van der Waals surface area contributed by atoms with Crippen LogP contribution in [0.2, 0.25) is 0 Å². The van der Waals surface area contributed by atoms with E-state index in [1.54, 1.807) is 42.5 Å². The molecule has 5 atom stereocenters. The molecule has 1 saturated carbocycles. The predicted octanol–water partition coefficient (Wildman–Crippen LogP) is 5.54. The Balaban J connectivity index is 1.33. The zero-order chi connectivity index (χ0) is 32.5. The number of nitrogens with zero attached hydrogens (tertiary/aromatic N) is 3. The average Bonchev–Trinajstić information content (AvgIpc) is 3.57. The van der Waals surface area contributed by atoms with Crippen LogP contribution >= 0.6 is 0 Å². The number of allylic oxidation sites excluding steroid dienone is 2. The molecular formula is C35H39N5O4S2. The molecule has 2 heterocycles. The molecule has 0 unspecified atom stereocenters. The lowest BCUT2D eigenvalue weighted by molar-refractivity contribution is 0.328. The molecule has 9 nitrogen and oxygen atoms in total. The summed E-state index contributed by atoms with van der Waals surface area (Å²) >= 11 is 0. The van der Waals surface area contributed by atoms with Crippen LogP contribution < -0.4 is 18.6 Å². The molecule has 0 spiro atoms. The van der Waals surface area contributed by atoms with E-state index in [0.717, 1.165) is 29.7 Å². The summed E-state index contributed by atoms with van der Waals surface area (Å²) < 4.78 is 65.1. The number of hydrogen-bond donors (Lipinski definition) is 2. The Morgan fingerprint density at radius 1 is 0.870 bits per heavy atom. The van der Waals surface area contributed by atoms with Gasteiger partial charge in [-0.2, -0.15) is 23.1 Å². The van der Waals surface area contributed by atoms with Crippen molar-refractivity contribution in [2.45, 2.75) is 86.3 Å². The fourth-order valence-corrected chi connectivity index (χ4v) is 12.2. The van der Waals surface area contributed by atoms with Crippen LogP contribution in [0.1, 0.15) is 75.0 Å². The van der Waals surface area contributed by atoms with Gasteiger partial charge in [0.1, 0.15) is 6.04 Å². The fourth-order valence-electron chi connectivity index (χ4n) is 8.71. The second kappa shape index (κ2) is 10.9. The van der Waals surface area contributed by atoms with Gasteiger partial charge in [0.15, 0.2) is 0 Å². The maximum absolute atomic E-state index is 14.6. The van der Waals surface area contributed by atoms with E-state index in [1.807, 2.05) is 36.2 Å². The number of para-hydroxylation sites is 1. The third-order valence-corrected chi connectivity index (χ3v) is 13.5. The van der Waals surface area contributed by atoms with E-state index in [4.69, 9.17) is 0 Å². The van der Waals surface area contributed by atoms with Crippen LogP contribution in [0.15, 0.2) is 89.3 Å². The van der Waals surface area contributed by atoms with Crippen molar-refractivity contribution in [3.8, 4) is 6.07 Å². The lowest BCUT2D eigenvalue weighted by Crippen LogP contribution is -2.61. The summed E-state index contributed by atoms with van der Waals surface area (Å²) in [5, 5.41) is 10.6. The first-order valence-corrected chi connectivity index (χ1v) is 18.8. The van der Waals surface area contributed by atoms with Crippen LogP contribution in [0.4, 0.5) is 11.4 Å². The minimum atomic E-state index is -4.32. The maximum Gasteiger partial charge on any atom is 0.278 e. The van der Waals surface area contributed by atoms with E-state index in [1.165, 1.54) is 9.88 Å². The van der Waals surface area contributed by atoms with E-state index >= 15 is 0 Å². The Bertz CT molecular complexity index is 1990. The Hall–Kier alpha value is -3.69. The van der Waals surface area contributed by atoms with Gasteiger partial charge in [-0.05, 0) is 81.3 Å². The van der Waals surface area contributed by atoms with Crippen molar-refractivity contribution >= 4 is 31.6 Å². The highest BCUT2D eigenvalue weighted by atomic mass is 32.2. The Morgan fingerprint density at radius 3 is 2.26 bits per heavy atom. The van der Waals surface area contributed by atoms with Crippen LogP contribution in [0, 0.1) is 11.3 Å². The minimum Gasteiger partial charge on any atom is -0.357 e. The van der Waals surface area contributed by atoms with Gasteiger partial charge in [-0.3, -0.25) is 4.31 Å². The SMILES string of the molecule is CC(C)=C[C@H]1CCC[C@]2(NS(=O)(=O)N[C@]34CCC[C@H]3N(S(=O)(=O)c3ccccc3)c3ccccc34)c3c1cccc3N(C)[C@H]2C#N. The number of sulfonamides is 1. The Morgan fingerprint density at radius 2 is 1.52 bits per heavy atom.